The molecule has 92 valence electrons. The average molecular weight is 246 g/mol. The number of hydrogen-bond acceptors (Lipinski definition) is 1. The van der Waals surface area contributed by atoms with Crippen LogP contribution in [0.5, 0.6) is 0 Å². The number of rotatable bonds is 2. The molecule has 0 saturated heterocycles. The van der Waals surface area contributed by atoms with Crippen LogP contribution in [0.25, 0.3) is 0 Å². The van der Waals surface area contributed by atoms with E-state index in [2.05, 4.69) is 70.2 Å². The van der Waals surface area contributed by atoms with Gasteiger partial charge in [-0.25, -0.2) is 0 Å². The maximum absolute atomic E-state index is 5.47. The van der Waals surface area contributed by atoms with Gasteiger partial charge in [0.1, 0.15) is 0 Å². The van der Waals surface area contributed by atoms with Crippen molar-refractivity contribution in [3.63, 3.8) is 0 Å². The second-order valence-electron chi connectivity index (χ2n) is 5.62. The van der Waals surface area contributed by atoms with Gasteiger partial charge in [-0.15, -0.1) is 0 Å². The monoisotopic (exact) mass is 246 g/mol. The van der Waals surface area contributed by atoms with E-state index in [1.807, 2.05) is 6.07 Å². The molecule has 0 saturated carbocycles. The third-order valence-corrected chi connectivity index (χ3v) is 3.09. The Bertz CT molecular complexity index is 392. The first-order chi connectivity index (χ1) is 7.91. The molecule has 1 atom stereocenters. The van der Waals surface area contributed by atoms with Crippen LogP contribution in [0.4, 0.5) is 0 Å². The molecule has 1 aromatic rings. The van der Waals surface area contributed by atoms with Crippen molar-refractivity contribution < 1.29 is 4.43 Å². The highest BCUT2D eigenvalue weighted by molar-refractivity contribution is 6.48. The van der Waals surface area contributed by atoms with Crippen molar-refractivity contribution >= 4 is 9.04 Å². The van der Waals surface area contributed by atoms with Gasteiger partial charge >= 0.3 is 0 Å². The van der Waals surface area contributed by atoms with Gasteiger partial charge in [-0.3, -0.25) is 0 Å². The maximum Gasteiger partial charge on any atom is 0.244 e. The van der Waals surface area contributed by atoms with E-state index in [0.717, 1.165) is 0 Å². The lowest BCUT2D eigenvalue weighted by atomic mass is 9.77. The summed E-state index contributed by atoms with van der Waals surface area (Å²) in [6, 6.07) is 10.4. The van der Waals surface area contributed by atoms with Crippen LogP contribution in [-0.2, 0) is 4.43 Å². The van der Waals surface area contributed by atoms with E-state index in [1.54, 1.807) is 0 Å². The van der Waals surface area contributed by atoms with Crippen molar-refractivity contribution in [1.82, 2.24) is 0 Å². The van der Waals surface area contributed by atoms with Crippen LogP contribution in [0.3, 0.4) is 0 Å². The molecule has 0 aliphatic rings. The fraction of sp³-hybridized carbons (Fsp3) is 0.467. The van der Waals surface area contributed by atoms with Crippen LogP contribution in [0.2, 0.25) is 13.1 Å². The molecule has 0 aliphatic carbocycles. The summed E-state index contributed by atoms with van der Waals surface area (Å²) >= 11 is 0. The lowest BCUT2D eigenvalue weighted by Gasteiger charge is -2.26. The molecule has 0 bridgehead atoms. The van der Waals surface area contributed by atoms with E-state index in [0.29, 0.717) is 0 Å². The van der Waals surface area contributed by atoms with E-state index in [-0.39, 0.29) is 11.3 Å². The highest BCUT2D eigenvalue weighted by Gasteiger charge is 2.24. The van der Waals surface area contributed by atoms with E-state index in [1.165, 1.54) is 5.56 Å². The zero-order valence-corrected chi connectivity index (χ0v) is 12.6. The van der Waals surface area contributed by atoms with Crippen LogP contribution in [0.15, 0.2) is 30.3 Å². The molecule has 0 heterocycles. The molecule has 0 aliphatic heterocycles. The molecule has 0 radical (unpaired) electrons. The maximum atomic E-state index is 5.47. The minimum absolute atomic E-state index is 0.121. The quantitative estimate of drug-likeness (QED) is 0.570. The Morgan fingerprint density at radius 3 is 2.18 bits per heavy atom. The Balaban J connectivity index is 2.93. The van der Waals surface area contributed by atoms with Gasteiger partial charge < -0.3 is 4.43 Å². The molecule has 1 aromatic carbocycles. The highest BCUT2D eigenvalue weighted by atomic mass is 28.3. The summed E-state index contributed by atoms with van der Waals surface area (Å²) < 4.78 is 5.47. The molecule has 1 unspecified atom stereocenters. The molecule has 0 spiro atoms. The Hall–Kier alpha value is -1.20. The predicted molar refractivity (Wildman–Crippen MR) is 76.4 cm³/mol. The Morgan fingerprint density at radius 1 is 1.12 bits per heavy atom. The Kier molecular flexibility index (Phi) is 4.83. The first-order valence-corrected chi connectivity index (χ1v) is 8.90. The van der Waals surface area contributed by atoms with Crippen LogP contribution in [0, 0.1) is 17.4 Å². The van der Waals surface area contributed by atoms with Gasteiger partial charge in [0.05, 0.1) is 12.0 Å². The molecule has 0 N–H and O–H groups in total. The van der Waals surface area contributed by atoms with Gasteiger partial charge in [-0.2, -0.15) is 0 Å². The molecule has 0 fully saturated rings. The zero-order valence-electron chi connectivity index (χ0n) is 11.4. The van der Waals surface area contributed by atoms with Crippen LogP contribution in [0.1, 0.15) is 32.3 Å². The summed E-state index contributed by atoms with van der Waals surface area (Å²) in [6.07, 6.45) is 2.90. The van der Waals surface area contributed by atoms with Crippen molar-refractivity contribution in [2.75, 3.05) is 0 Å². The molecule has 0 amide bonds. The first-order valence-electron chi connectivity index (χ1n) is 6.12. The lowest BCUT2D eigenvalue weighted by Crippen LogP contribution is -2.17. The van der Waals surface area contributed by atoms with Gasteiger partial charge in [0.15, 0.2) is 0 Å². The second kappa shape index (κ2) is 5.93. The van der Waals surface area contributed by atoms with E-state index < -0.39 is 9.04 Å². The number of hydrogen-bond donors (Lipinski definition) is 0. The third-order valence-electron chi connectivity index (χ3n) is 2.50. The summed E-state index contributed by atoms with van der Waals surface area (Å²) in [4.78, 5) is 0. The van der Waals surface area contributed by atoms with Crippen molar-refractivity contribution in [2.24, 2.45) is 5.41 Å². The van der Waals surface area contributed by atoms with Gasteiger partial charge in [0, 0.05) is 0 Å². The topological polar surface area (TPSA) is 9.23 Å². The first kappa shape index (κ1) is 13.9. The van der Waals surface area contributed by atoms with Crippen LogP contribution in [-0.4, -0.2) is 9.04 Å². The number of benzene rings is 1. The van der Waals surface area contributed by atoms with Crippen LogP contribution >= 0.6 is 0 Å². The van der Waals surface area contributed by atoms with Crippen molar-refractivity contribution in [3.05, 3.63) is 35.9 Å². The minimum atomic E-state index is -1.05. The molecule has 1 nitrogen and oxygen atoms in total. The van der Waals surface area contributed by atoms with Gasteiger partial charge in [0.2, 0.25) is 9.04 Å². The SMILES string of the molecule is C[SiH](C)OC#CC(c1ccccc1)C(C)(C)C. The van der Waals surface area contributed by atoms with E-state index >= 15 is 0 Å². The van der Waals surface area contributed by atoms with Crippen molar-refractivity contribution in [3.8, 4) is 12.0 Å². The van der Waals surface area contributed by atoms with Gasteiger partial charge in [-0.1, -0.05) is 57.0 Å². The van der Waals surface area contributed by atoms with Gasteiger partial charge in [-0.05, 0) is 24.1 Å². The average Bonchev–Trinajstić information content (AvgIpc) is 2.23. The van der Waals surface area contributed by atoms with Gasteiger partial charge in [0.25, 0.3) is 0 Å². The smallest absolute Gasteiger partial charge is 0.244 e. The molecular formula is C15H22OSi. The molecular weight excluding hydrogens is 224 g/mol. The summed E-state index contributed by atoms with van der Waals surface area (Å²) in [5.74, 6) is 3.49. The molecule has 0 aromatic heterocycles. The summed E-state index contributed by atoms with van der Waals surface area (Å²) in [5, 5.41) is 0. The summed E-state index contributed by atoms with van der Waals surface area (Å²) in [6.45, 7) is 10.9. The van der Waals surface area contributed by atoms with Crippen LogP contribution < -0.4 is 0 Å². The van der Waals surface area contributed by atoms with Crippen molar-refractivity contribution in [1.29, 1.82) is 0 Å². The summed E-state index contributed by atoms with van der Waals surface area (Å²) in [5.41, 5.74) is 1.39. The third kappa shape index (κ3) is 4.66. The fourth-order valence-electron chi connectivity index (χ4n) is 1.66. The molecule has 2 heteroatoms. The van der Waals surface area contributed by atoms with Crippen molar-refractivity contribution in [2.45, 2.75) is 39.8 Å². The fourth-order valence-corrected chi connectivity index (χ4v) is 1.96. The lowest BCUT2D eigenvalue weighted by molar-refractivity contribution is 0.373. The Labute approximate surface area is 107 Å². The zero-order chi connectivity index (χ0) is 12.9. The minimum Gasteiger partial charge on any atom is -0.505 e. The normalized spacial score (nSPS) is 12.8. The Morgan fingerprint density at radius 2 is 1.71 bits per heavy atom. The standard InChI is InChI=1S/C15H22OSi/c1-15(2,3)14(11-12-16-17(4)5)13-9-7-6-8-10-13/h6-10,14,17H,1-5H3. The molecule has 1 rings (SSSR count). The van der Waals surface area contributed by atoms with E-state index in [4.69, 9.17) is 4.43 Å². The largest absolute Gasteiger partial charge is 0.505 e. The second-order valence-corrected chi connectivity index (χ2v) is 7.96. The predicted octanol–water partition coefficient (Wildman–Crippen LogP) is 3.78. The molecule has 17 heavy (non-hydrogen) atoms. The van der Waals surface area contributed by atoms with E-state index in [9.17, 15) is 0 Å². The summed E-state index contributed by atoms with van der Waals surface area (Å²) in [7, 11) is -1.05. The highest BCUT2D eigenvalue weighted by Crippen LogP contribution is 2.34.